The van der Waals surface area contributed by atoms with Crippen molar-refractivity contribution < 1.29 is 82.5 Å². The van der Waals surface area contributed by atoms with Gasteiger partial charge in [0, 0.05) is 70.0 Å². The monoisotopic (exact) mass is 1030 g/mol. The lowest BCUT2D eigenvalue weighted by Crippen LogP contribution is -2.41. The number of carboxylic acid groups (broad SMARTS) is 3. The third-order valence-corrected chi connectivity index (χ3v) is 12.3. The molecule has 410 valence electrons. The number of aliphatic carboxylic acids is 3. The Hall–Kier alpha value is -4.22. The van der Waals surface area contributed by atoms with E-state index in [1.165, 1.54) is 50.3 Å². The van der Waals surface area contributed by atoms with Crippen LogP contribution in [0.1, 0.15) is 148 Å². The highest BCUT2D eigenvalue weighted by Crippen LogP contribution is 2.18. The summed E-state index contributed by atoms with van der Waals surface area (Å²) in [7, 11) is 0. The summed E-state index contributed by atoms with van der Waals surface area (Å²) < 4.78 is 21.4. The van der Waals surface area contributed by atoms with Gasteiger partial charge in [-0.05, 0) is 32.1 Å². The molecule has 3 atom stereocenters. The number of carboxylic acids is 3. The van der Waals surface area contributed by atoms with E-state index in [2.05, 4.69) is 21.3 Å². The number of ether oxygens (including phenoxy) is 4. The molecule has 0 bridgehead atoms. The summed E-state index contributed by atoms with van der Waals surface area (Å²) in [5.41, 5.74) is 0. The molecule has 4 amide bonds. The summed E-state index contributed by atoms with van der Waals surface area (Å²) in [6.45, 7) is 2.60. The Kier molecular flexibility index (Phi) is 44.0. The van der Waals surface area contributed by atoms with Crippen LogP contribution in [-0.2, 0) is 62.1 Å². The Balaban J connectivity index is 3.72. The number of rotatable bonds is 52. The standard InChI is InChI=1S/C49H86N4O17S/c1-2-38(42(56)32-39(33-54)48(63)64)36-71-37-46(60)51-24-23-50-44(58)34-70-31-29-68-27-25-52-45(59)35-69-30-28-67-26-17-18-40(55)21-22-41(49(65)66)53-43(57)19-15-13-11-9-7-5-3-4-6-8-10-12-14-16-20-47(61)62/h38-39,41,54H,2-37H2,1H3,(H,50,58)(H,51,60)(H,52,59)(H,53,57)(H,61,62)(H,63,64)(H,65,66)/t38-,39-,41-/m0/s1. The van der Waals surface area contributed by atoms with Crippen LogP contribution in [0.3, 0.4) is 0 Å². The number of nitrogens with one attached hydrogen (secondary N) is 4. The Bertz CT molecular complexity index is 1510. The highest BCUT2D eigenvalue weighted by atomic mass is 32.2. The summed E-state index contributed by atoms with van der Waals surface area (Å²) in [5.74, 6) is -5.95. The van der Waals surface area contributed by atoms with Gasteiger partial charge in [-0.2, -0.15) is 11.8 Å². The molecule has 0 spiro atoms. The van der Waals surface area contributed by atoms with Crippen molar-refractivity contribution in [3.05, 3.63) is 0 Å². The summed E-state index contributed by atoms with van der Waals surface area (Å²) >= 11 is 1.25. The van der Waals surface area contributed by atoms with Gasteiger partial charge in [-0.15, -0.1) is 0 Å². The van der Waals surface area contributed by atoms with Gasteiger partial charge in [0.25, 0.3) is 0 Å². The summed E-state index contributed by atoms with van der Waals surface area (Å²) in [6.07, 6.45) is 16.4. The minimum atomic E-state index is -1.23. The molecular formula is C49H86N4O17S. The van der Waals surface area contributed by atoms with Crippen molar-refractivity contribution >= 4 is 64.9 Å². The normalized spacial score (nSPS) is 12.4. The van der Waals surface area contributed by atoms with Gasteiger partial charge in [-0.25, -0.2) is 4.79 Å². The number of hydrogen-bond donors (Lipinski definition) is 8. The number of ketones is 2. The fraction of sp³-hybridized carbons (Fsp3) is 0.816. The molecule has 0 unspecified atom stereocenters. The second kappa shape index (κ2) is 46.8. The van der Waals surface area contributed by atoms with Crippen LogP contribution < -0.4 is 21.3 Å². The first-order valence-electron chi connectivity index (χ1n) is 25.5. The summed E-state index contributed by atoms with van der Waals surface area (Å²) in [5, 5.41) is 46.9. The first-order valence-corrected chi connectivity index (χ1v) is 26.7. The molecule has 0 radical (unpaired) electrons. The molecule has 0 saturated heterocycles. The number of aliphatic hydroxyl groups excluding tert-OH is 1. The van der Waals surface area contributed by atoms with Crippen LogP contribution in [0.25, 0.3) is 0 Å². The quantitative estimate of drug-likeness (QED) is 0.0401. The average molecular weight is 1040 g/mol. The first-order chi connectivity index (χ1) is 34.2. The molecule has 0 aromatic rings. The van der Waals surface area contributed by atoms with Gasteiger partial charge in [0.15, 0.2) is 0 Å². The molecule has 0 aliphatic rings. The zero-order valence-electron chi connectivity index (χ0n) is 42.2. The SMILES string of the molecule is CC[C@@H](CSCC(=O)NCCNC(=O)COCCOCCNC(=O)COCCOCCCC(=O)CC[C@H](NC(=O)CCCCCCCCCCCCCCCCC(=O)O)C(=O)O)C(=O)C[C@@H](CO)C(=O)O. The molecule has 0 saturated carbocycles. The minimum Gasteiger partial charge on any atom is -0.481 e. The van der Waals surface area contributed by atoms with E-state index in [1.807, 2.05) is 0 Å². The van der Waals surface area contributed by atoms with Gasteiger partial charge in [0.1, 0.15) is 30.8 Å². The molecule has 22 heteroatoms. The molecule has 0 aliphatic carbocycles. The van der Waals surface area contributed by atoms with Crippen LogP contribution in [0.5, 0.6) is 0 Å². The molecule has 0 aromatic carbocycles. The van der Waals surface area contributed by atoms with Gasteiger partial charge in [-0.1, -0.05) is 84.0 Å². The topological polar surface area (TPSA) is 320 Å². The van der Waals surface area contributed by atoms with Crippen molar-refractivity contribution in [3.63, 3.8) is 0 Å². The van der Waals surface area contributed by atoms with Crippen LogP contribution >= 0.6 is 11.8 Å². The van der Waals surface area contributed by atoms with Crippen molar-refractivity contribution in [2.45, 2.75) is 154 Å². The van der Waals surface area contributed by atoms with Crippen LogP contribution in [0, 0.1) is 11.8 Å². The maximum absolute atomic E-state index is 12.4. The Morgan fingerprint density at radius 1 is 0.493 bits per heavy atom. The lowest BCUT2D eigenvalue weighted by molar-refractivity contribution is -0.145. The lowest BCUT2D eigenvalue weighted by atomic mass is 9.94. The van der Waals surface area contributed by atoms with E-state index in [9.17, 15) is 48.3 Å². The van der Waals surface area contributed by atoms with Gasteiger partial charge in [0.05, 0.1) is 51.3 Å². The number of carbonyl (C=O) groups is 9. The minimum absolute atomic E-state index is 0.0182. The fourth-order valence-electron chi connectivity index (χ4n) is 6.97. The summed E-state index contributed by atoms with van der Waals surface area (Å²) in [4.78, 5) is 106. The van der Waals surface area contributed by atoms with E-state index in [-0.39, 0.29) is 152 Å². The van der Waals surface area contributed by atoms with E-state index in [0.29, 0.717) is 25.0 Å². The number of aliphatic hydroxyl groups is 1. The third kappa shape index (κ3) is 43.1. The van der Waals surface area contributed by atoms with E-state index in [4.69, 9.17) is 34.3 Å². The Morgan fingerprint density at radius 2 is 0.986 bits per heavy atom. The Labute approximate surface area is 424 Å². The summed E-state index contributed by atoms with van der Waals surface area (Å²) in [6, 6.07) is -1.12. The van der Waals surface area contributed by atoms with Crippen molar-refractivity contribution in [2.75, 3.05) is 90.6 Å². The number of unbranched alkanes of at least 4 members (excludes halogenated alkanes) is 13. The van der Waals surface area contributed by atoms with Crippen molar-refractivity contribution in [2.24, 2.45) is 11.8 Å². The molecule has 0 fully saturated rings. The van der Waals surface area contributed by atoms with E-state index in [0.717, 1.165) is 44.9 Å². The number of thioether (sulfide) groups is 1. The molecular weight excluding hydrogens is 949 g/mol. The van der Waals surface area contributed by atoms with Gasteiger partial charge in [0.2, 0.25) is 23.6 Å². The molecule has 0 rings (SSSR count). The predicted octanol–water partition coefficient (Wildman–Crippen LogP) is 3.84. The lowest BCUT2D eigenvalue weighted by Gasteiger charge is -2.15. The fourth-order valence-corrected chi connectivity index (χ4v) is 8.08. The van der Waals surface area contributed by atoms with E-state index < -0.39 is 42.4 Å². The number of carbonyl (C=O) groups excluding carboxylic acids is 6. The molecule has 0 aromatic heterocycles. The van der Waals surface area contributed by atoms with Crippen LogP contribution in [0.2, 0.25) is 0 Å². The van der Waals surface area contributed by atoms with Gasteiger partial charge in [-0.3, -0.25) is 38.4 Å². The van der Waals surface area contributed by atoms with Gasteiger partial charge >= 0.3 is 17.9 Å². The second-order valence-corrected chi connectivity index (χ2v) is 18.4. The number of amides is 4. The zero-order chi connectivity index (χ0) is 52.7. The van der Waals surface area contributed by atoms with Crippen molar-refractivity contribution in [1.29, 1.82) is 0 Å². The van der Waals surface area contributed by atoms with E-state index >= 15 is 0 Å². The number of Topliss-reactive ketones (excluding diaryl/α,β-unsaturated/α-hetero) is 2. The number of hydrogen-bond acceptors (Lipinski definition) is 15. The maximum atomic E-state index is 12.4. The molecule has 0 heterocycles. The predicted molar refractivity (Wildman–Crippen MR) is 266 cm³/mol. The van der Waals surface area contributed by atoms with Crippen molar-refractivity contribution in [3.8, 4) is 0 Å². The highest BCUT2D eigenvalue weighted by Gasteiger charge is 2.25. The van der Waals surface area contributed by atoms with Crippen LogP contribution in [0.4, 0.5) is 0 Å². The maximum Gasteiger partial charge on any atom is 0.326 e. The molecule has 71 heavy (non-hydrogen) atoms. The van der Waals surface area contributed by atoms with Crippen molar-refractivity contribution in [1.82, 2.24) is 21.3 Å². The van der Waals surface area contributed by atoms with Crippen LogP contribution in [-0.4, -0.2) is 170 Å². The largest absolute Gasteiger partial charge is 0.481 e. The average Bonchev–Trinajstić information content (AvgIpc) is 3.33. The van der Waals surface area contributed by atoms with E-state index in [1.54, 1.807) is 6.92 Å². The third-order valence-electron chi connectivity index (χ3n) is 11.2. The highest BCUT2D eigenvalue weighted by molar-refractivity contribution is 7.99. The Morgan fingerprint density at radius 3 is 1.49 bits per heavy atom. The molecule has 21 nitrogen and oxygen atoms in total. The second-order valence-electron chi connectivity index (χ2n) is 17.4. The first kappa shape index (κ1) is 66.8. The van der Waals surface area contributed by atoms with Gasteiger partial charge < -0.3 is 60.6 Å². The smallest absolute Gasteiger partial charge is 0.326 e. The van der Waals surface area contributed by atoms with Crippen LogP contribution in [0.15, 0.2) is 0 Å². The molecule has 0 aliphatic heterocycles. The zero-order valence-corrected chi connectivity index (χ0v) is 43.0. The molecule has 8 N–H and O–H groups in total.